The van der Waals surface area contributed by atoms with Crippen LogP contribution in [0.15, 0.2) is 0 Å². The molecular formula is C13H27NO3. The average Bonchev–Trinajstić information content (AvgIpc) is 2.33. The molecule has 0 heterocycles. The molecule has 0 saturated carbocycles. The molecule has 1 N–H and O–H groups in total. The summed E-state index contributed by atoms with van der Waals surface area (Å²) in [7, 11) is 1.74. The van der Waals surface area contributed by atoms with Gasteiger partial charge in [-0.2, -0.15) is 0 Å². The lowest BCUT2D eigenvalue weighted by atomic mass is 10.2. The van der Waals surface area contributed by atoms with Crippen molar-refractivity contribution in [1.82, 2.24) is 5.32 Å². The Morgan fingerprint density at radius 3 is 2.47 bits per heavy atom. The van der Waals surface area contributed by atoms with Gasteiger partial charge in [-0.1, -0.05) is 32.6 Å². The summed E-state index contributed by atoms with van der Waals surface area (Å²) in [5.41, 5.74) is 0. The predicted molar refractivity (Wildman–Crippen MR) is 69.1 cm³/mol. The van der Waals surface area contributed by atoms with Gasteiger partial charge in [-0.25, -0.2) is 0 Å². The zero-order valence-electron chi connectivity index (χ0n) is 11.5. The van der Waals surface area contributed by atoms with E-state index in [-0.39, 0.29) is 12.0 Å². The third-order valence-electron chi connectivity index (χ3n) is 2.60. The van der Waals surface area contributed by atoms with Crippen molar-refractivity contribution in [2.45, 2.75) is 52.0 Å². The Morgan fingerprint density at radius 2 is 1.88 bits per heavy atom. The van der Waals surface area contributed by atoms with Gasteiger partial charge in [0, 0.05) is 6.61 Å². The number of nitrogens with one attached hydrogen (secondary N) is 1. The molecule has 0 bridgehead atoms. The predicted octanol–water partition coefficient (Wildman–Crippen LogP) is 2.12. The second-order valence-electron chi connectivity index (χ2n) is 4.08. The first-order valence-electron chi connectivity index (χ1n) is 6.67. The molecule has 4 nitrogen and oxygen atoms in total. The number of hydrogen-bond donors (Lipinski definition) is 1. The summed E-state index contributed by atoms with van der Waals surface area (Å²) < 4.78 is 10.4. The van der Waals surface area contributed by atoms with E-state index in [9.17, 15) is 4.79 Å². The van der Waals surface area contributed by atoms with Crippen LogP contribution in [0.1, 0.15) is 46.0 Å². The van der Waals surface area contributed by atoms with Crippen molar-refractivity contribution >= 4 is 5.97 Å². The van der Waals surface area contributed by atoms with Crippen molar-refractivity contribution in [2.75, 3.05) is 26.9 Å². The molecule has 17 heavy (non-hydrogen) atoms. The van der Waals surface area contributed by atoms with Gasteiger partial charge in [0.05, 0.1) is 13.2 Å². The van der Waals surface area contributed by atoms with Gasteiger partial charge in [-0.15, -0.1) is 0 Å². The fourth-order valence-corrected chi connectivity index (χ4v) is 1.52. The first-order valence-corrected chi connectivity index (χ1v) is 6.67. The van der Waals surface area contributed by atoms with Gasteiger partial charge < -0.3 is 14.8 Å². The van der Waals surface area contributed by atoms with Gasteiger partial charge >= 0.3 is 5.97 Å². The summed E-state index contributed by atoms with van der Waals surface area (Å²) in [6.07, 6.45) is 6.09. The van der Waals surface area contributed by atoms with E-state index in [2.05, 4.69) is 12.2 Å². The summed E-state index contributed by atoms with van der Waals surface area (Å²) in [6.45, 7) is 5.53. The van der Waals surface area contributed by atoms with Crippen LogP contribution >= 0.6 is 0 Å². The Kier molecular flexibility index (Phi) is 11.4. The topological polar surface area (TPSA) is 47.6 Å². The molecule has 0 aliphatic heterocycles. The summed E-state index contributed by atoms with van der Waals surface area (Å²) in [4.78, 5) is 11.4. The molecule has 0 amide bonds. The van der Waals surface area contributed by atoms with Gasteiger partial charge in [0.1, 0.15) is 6.04 Å². The Balaban J connectivity index is 3.46. The van der Waals surface area contributed by atoms with Crippen LogP contribution in [-0.4, -0.2) is 38.9 Å². The molecule has 0 spiro atoms. The van der Waals surface area contributed by atoms with E-state index in [0.717, 1.165) is 13.0 Å². The number of likely N-dealkylation sites (N-methyl/N-ethyl adjacent to an activating group) is 1. The van der Waals surface area contributed by atoms with Crippen LogP contribution in [0, 0.1) is 0 Å². The quantitative estimate of drug-likeness (QED) is 0.447. The fourth-order valence-electron chi connectivity index (χ4n) is 1.52. The molecule has 0 aromatic carbocycles. The first kappa shape index (κ1) is 16.4. The third kappa shape index (κ3) is 9.12. The zero-order chi connectivity index (χ0) is 12.9. The lowest BCUT2D eigenvalue weighted by Gasteiger charge is -2.14. The van der Waals surface area contributed by atoms with Crippen LogP contribution < -0.4 is 5.32 Å². The standard InChI is InChI=1S/C13H27NO3/c1-4-6-7-8-9-10-16-11-12(14-3)13(15)17-5-2/h12,14H,4-11H2,1-3H3. The molecular weight excluding hydrogens is 218 g/mol. The summed E-state index contributed by atoms with van der Waals surface area (Å²) in [5.74, 6) is -0.235. The Morgan fingerprint density at radius 1 is 1.18 bits per heavy atom. The molecule has 0 aliphatic carbocycles. The highest BCUT2D eigenvalue weighted by molar-refractivity contribution is 5.75. The van der Waals surface area contributed by atoms with Crippen LogP contribution in [-0.2, 0) is 14.3 Å². The molecule has 1 atom stereocenters. The molecule has 0 aromatic heterocycles. The molecule has 0 aliphatic rings. The molecule has 0 aromatic rings. The van der Waals surface area contributed by atoms with E-state index < -0.39 is 0 Å². The van der Waals surface area contributed by atoms with Gasteiger partial charge in [-0.05, 0) is 20.4 Å². The monoisotopic (exact) mass is 245 g/mol. The summed E-state index contributed by atoms with van der Waals surface area (Å²) in [6, 6.07) is -0.342. The van der Waals surface area contributed by atoms with E-state index in [1.54, 1.807) is 14.0 Å². The number of ether oxygens (including phenoxy) is 2. The molecule has 1 unspecified atom stereocenters. The Hall–Kier alpha value is -0.610. The molecule has 102 valence electrons. The van der Waals surface area contributed by atoms with Crippen molar-refractivity contribution in [3.05, 3.63) is 0 Å². The van der Waals surface area contributed by atoms with Gasteiger partial charge in [-0.3, -0.25) is 4.79 Å². The Labute approximate surface area is 105 Å². The second kappa shape index (κ2) is 11.9. The molecule has 0 rings (SSSR count). The minimum Gasteiger partial charge on any atom is -0.465 e. The summed E-state index contributed by atoms with van der Waals surface area (Å²) >= 11 is 0. The van der Waals surface area contributed by atoms with E-state index in [4.69, 9.17) is 9.47 Å². The van der Waals surface area contributed by atoms with Crippen LogP contribution in [0.25, 0.3) is 0 Å². The highest BCUT2D eigenvalue weighted by atomic mass is 16.5. The maximum atomic E-state index is 11.4. The van der Waals surface area contributed by atoms with Crippen molar-refractivity contribution in [1.29, 1.82) is 0 Å². The van der Waals surface area contributed by atoms with E-state index >= 15 is 0 Å². The van der Waals surface area contributed by atoms with Gasteiger partial charge in [0.2, 0.25) is 0 Å². The number of esters is 1. The minimum atomic E-state index is -0.342. The molecule has 0 saturated heterocycles. The van der Waals surface area contributed by atoms with Gasteiger partial charge in [0.15, 0.2) is 0 Å². The van der Waals surface area contributed by atoms with Crippen molar-refractivity contribution in [2.24, 2.45) is 0 Å². The van der Waals surface area contributed by atoms with Crippen LogP contribution in [0.3, 0.4) is 0 Å². The number of carbonyl (C=O) groups excluding carboxylic acids is 1. The number of carbonyl (C=O) groups is 1. The highest BCUT2D eigenvalue weighted by Crippen LogP contribution is 2.02. The normalized spacial score (nSPS) is 12.4. The van der Waals surface area contributed by atoms with E-state index in [1.165, 1.54) is 25.7 Å². The van der Waals surface area contributed by atoms with Crippen molar-refractivity contribution in [3.8, 4) is 0 Å². The SMILES string of the molecule is CCCCCCCOCC(NC)C(=O)OCC. The molecule has 4 heteroatoms. The van der Waals surface area contributed by atoms with Crippen molar-refractivity contribution in [3.63, 3.8) is 0 Å². The maximum Gasteiger partial charge on any atom is 0.325 e. The minimum absolute atomic E-state index is 0.235. The first-order chi connectivity index (χ1) is 8.26. The van der Waals surface area contributed by atoms with E-state index in [0.29, 0.717) is 13.2 Å². The average molecular weight is 245 g/mol. The lowest BCUT2D eigenvalue weighted by Crippen LogP contribution is -2.39. The zero-order valence-corrected chi connectivity index (χ0v) is 11.5. The van der Waals surface area contributed by atoms with Crippen LogP contribution in [0.2, 0.25) is 0 Å². The summed E-state index contributed by atoms with van der Waals surface area (Å²) in [5, 5.41) is 2.90. The third-order valence-corrected chi connectivity index (χ3v) is 2.60. The smallest absolute Gasteiger partial charge is 0.325 e. The lowest BCUT2D eigenvalue weighted by molar-refractivity contribution is -0.147. The fraction of sp³-hybridized carbons (Fsp3) is 0.923. The Bertz CT molecular complexity index is 186. The largest absolute Gasteiger partial charge is 0.465 e. The molecule has 0 fully saturated rings. The number of unbranched alkanes of at least 4 members (excludes halogenated alkanes) is 4. The highest BCUT2D eigenvalue weighted by Gasteiger charge is 2.17. The van der Waals surface area contributed by atoms with E-state index in [1.807, 2.05) is 0 Å². The van der Waals surface area contributed by atoms with Crippen LogP contribution in [0.5, 0.6) is 0 Å². The molecule has 0 radical (unpaired) electrons. The number of hydrogen-bond acceptors (Lipinski definition) is 4. The van der Waals surface area contributed by atoms with Crippen LogP contribution in [0.4, 0.5) is 0 Å². The number of rotatable bonds is 11. The van der Waals surface area contributed by atoms with Crippen molar-refractivity contribution < 1.29 is 14.3 Å². The maximum absolute atomic E-state index is 11.4. The van der Waals surface area contributed by atoms with Gasteiger partial charge in [0.25, 0.3) is 0 Å². The second-order valence-corrected chi connectivity index (χ2v) is 4.08.